The van der Waals surface area contributed by atoms with Gasteiger partial charge in [0.1, 0.15) is 6.04 Å². The summed E-state index contributed by atoms with van der Waals surface area (Å²) in [6, 6.07) is -0.235. The van der Waals surface area contributed by atoms with Crippen LogP contribution >= 0.6 is 0 Å². The maximum Gasteiger partial charge on any atom is 0.320 e. The van der Waals surface area contributed by atoms with Crippen molar-refractivity contribution in [2.75, 3.05) is 13.2 Å². The Labute approximate surface area is 78.5 Å². The van der Waals surface area contributed by atoms with Crippen LogP contribution in [0.25, 0.3) is 0 Å². The lowest BCUT2D eigenvalue weighted by molar-refractivity contribution is -0.148. The van der Waals surface area contributed by atoms with E-state index in [0.29, 0.717) is 13.2 Å². The van der Waals surface area contributed by atoms with Crippen LogP contribution in [0.2, 0.25) is 0 Å². The van der Waals surface area contributed by atoms with Crippen LogP contribution in [0.4, 0.5) is 0 Å². The molecule has 1 fully saturated rings. The van der Waals surface area contributed by atoms with Crippen LogP contribution in [-0.2, 0) is 9.53 Å². The molecule has 0 aromatic carbocycles. The summed E-state index contributed by atoms with van der Waals surface area (Å²) in [5.74, 6) is -0.763. The second-order valence-electron chi connectivity index (χ2n) is 3.57. The van der Waals surface area contributed by atoms with Gasteiger partial charge in [-0.25, -0.2) is 0 Å². The zero-order valence-electron chi connectivity index (χ0n) is 8.36. The molecule has 4 heteroatoms. The van der Waals surface area contributed by atoms with Crippen molar-refractivity contribution < 1.29 is 14.6 Å². The Morgan fingerprint density at radius 1 is 1.62 bits per heavy atom. The molecule has 0 aromatic heterocycles. The smallest absolute Gasteiger partial charge is 0.320 e. The lowest BCUT2D eigenvalue weighted by atomic mass is 10.1. The van der Waals surface area contributed by atoms with Crippen molar-refractivity contribution in [3.63, 3.8) is 0 Å². The number of hydrogen-bond acceptors (Lipinski definition) is 3. The van der Waals surface area contributed by atoms with E-state index in [1.165, 1.54) is 0 Å². The highest BCUT2D eigenvalue weighted by molar-refractivity contribution is 5.72. The molecule has 4 nitrogen and oxygen atoms in total. The van der Waals surface area contributed by atoms with Crippen molar-refractivity contribution in [2.24, 2.45) is 0 Å². The predicted molar refractivity (Wildman–Crippen MR) is 48.7 cm³/mol. The van der Waals surface area contributed by atoms with E-state index >= 15 is 0 Å². The highest BCUT2D eigenvalue weighted by atomic mass is 16.5. The van der Waals surface area contributed by atoms with E-state index in [1.807, 2.05) is 18.7 Å². The third-order valence-corrected chi connectivity index (χ3v) is 2.79. The molecule has 3 atom stereocenters. The van der Waals surface area contributed by atoms with Crippen LogP contribution in [0.5, 0.6) is 0 Å². The summed E-state index contributed by atoms with van der Waals surface area (Å²) in [6.07, 6.45) is 0.121. The van der Waals surface area contributed by atoms with Crippen LogP contribution in [0.1, 0.15) is 20.8 Å². The minimum Gasteiger partial charge on any atom is -0.480 e. The molecule has 1 heterocycles. The molecule has 0 aliphatic carbocycles. The Balaban J connectivity index is 2.62. The van der Waals surface area contributed by atoms with E-state index in [9.17, 15) is 4.79 Å². The fraction of sp³-hybridized carbons (Fsp3) is 0.889. The van der Waals surface area contributed by atoms with E-state index in [-0.39, 0.29) is 12.1 Å². The van der Waals surface area contributed by atoms with Gasteiger partial charge in [-0.1, -0.05) is 0 Å². The Bertz CT molecular complexity index is 195. The van der Waals surface area contributed by atoms with Gasteiger partial charge in [0.15, 0.2) is 0 Å². The topological polar surface area (TPSA) is 49.8 Å². The third-order valence-electron chi connectivity index (χ3n) is 2.79. The summed E-state index contributed by atoms with van der Waals surface area (Å²) in [5.41, 5.74) is 0. The number of morpholine rings is 1. The van der Waals surface area contributed by atoms with Crippen LogP contribution in [0.15, 0.2) is 0 Å². The maximum absolute atomic E-state index is 10.8. The highest BCUT2D eigenvalue weighted by Gasteiger charge is 2.31. The molecule has 1 rings (SSSR count). The summed E-state index contributed by atoms with van der Waals surface area (Å²) in [6.45, 7) is 7.04. The molecule has 1 aliphatic rings. The van der Waals surface area contributed by atoms with Gasteiger partial charge < -0.3 is 9.84 Å². The van der Waals surface area contributed by atoms with Crippen molar-refractivity contribution in [3.8, 4) is 0 Å². The Morgan fingerprint density at radius 3 is 2.77 bits per heavy atom. The SMILES string of the molecule is CC1OCCN(C(C)C(=O)O)C1C. The zero-order valence-corrected chi connectivity index (χ0v) is 8.36. The number of carboxylic acids is 1. The number of aliphatic carboxylic acids is 1. The molecule has 1 saturated heterocycles. The van der Waals surface area contributed by atoms with E-state index in [4.69, 9.17) is 9.84 Å². The number of nitrogens with zero attached hydrogens (tertiary/aromatic N) is 1. The molecule has 0 saturated carbocycles. The van der Waals surface area contributed by atoms with Gasteiger partial charge in [-0.2, -0.15) is 0 Å². The fourth-order valence-electron chi connectivity index (χ4n) is 1.64. The minimum absolute atomic E-state index is 0.121. The first kappa shape index (κ1) is 10.5. The fourth-order valence-corrected chi connectivity index (χ4v) is 1.64. The number of hydrogen-bond donors (Lipinski definition) is 1. The minimum atomic E-state index is -0.763. The lowest BCUT2D eigenvalue weighted by Crippen LogP contribution is -2.54. The molecule has 13 heavy (non-hydrogen) atoms. The standard InChI is InChI=1S/C9H17NO3/c1-6-8(3)13-5-4-10(6)7(2)9(11)12/h6-8H,4-5H2,1-3H3,(H,11,12). The molecular formula is C9H17NO3. The van der Waals surface area contributed by atoms with Gasteiger partial charge in [-0.3, -0.25) is 9.69 Å². The molecular weight excluding hydrogens is 170 g/mol. The largest absolute Gasteiger partial charge is 0.480 e. The molecule has 0 amide bonds. The highest BCUT2D eigenvalue weighted by Crippen LogP contribution is 2.16. The van der Waals surface area contributed by atoms with E-state index < -0.39 is 12.0 Å². The van der Waals surface area contributed by atoms with Crippen LogP contribution in [0.3, 0.4) is 0 Å². The molecule has 76 valence electrons. The van der Waals surface area contributed by atoms with Crippen molar-refractivity contribution in [3.05, 3.63) is 0 Å². The quantitative estimate of drug-likeness (QED) is 0.686. The molecule has 3 unspecified atom stereocenters. The van der Waals surface area contributed by atoms with Crippen molar-refractivity contribution in [2.45, 2.75) is 39.0 Å². The molecule has 1 aliphatic heterocycles. The zero-order chi connectivity index (χ0) is 10.0. The third kappa shape index (κ3) is 2.19. The summed E-state index contributed by atoms with van der Waals surface area (Å²) in [4.78, 5) is 12.7. The van der Waals surface area contributed by atoms with Gasteiger partial charge in [-0.15, -0.1) is 0 Å². The molecule has 1 N–H and O–H groups in total. The molecule has 0 spiro atoms. The summed E-state index contributed by atoms with van der Waals surface area (Å²) < 4.78 is 5.42. The number of carbonyl (C=O) groups is 1. The van der Waals surface area contributed by atoms with E-state index in [2.05, 4.69) is 0 Å². The predicted octanol–water partition coefficient (Wildman–Crippen LogP) is 0.569. The van der Waals surface area contributed by atoms with Gasteiger partial charge in [-0.05, 0) is 20.8 Å². The van der Waals surface area contributed by atoms with Gasteiger partial charge in [0.25, 0.3) is 0 Å². The lowest BCUT2D eigenvalue weighted by Gasteiger charge is -2.39. The van der Waals surface area contributed by atoms with Crippen molar-refractivity contribution in [1.29, 1.82) is 0 Å². The van der Waals surface area contributed by atoms with Crippen LogP contribution in [-0.4, -0.2) is 47.3 Å². The van der Waals surface area contributed by atoms with E-state index in [1.54, 1.807) is 6.92 Å². The van der Waals surface area contributed by atoms with Gasteiger partial charge >= 0.3 is 5.97 Å². The maximum atomic E-state index is 10.8. The number of ether oxygens (including phenoxy) is 1. The van der Waals surface area contributed by atoms with Crippen LogP contribution in [0, 0.1) is 0 Å². The van der Waals surface area contributed by atoms with Gasteiger partial charge in [0, 0.05) is 12.6 Å². The van der Waals surface area contributed by atoms with Gasteiger partial charge in [0.05, 0.1) is 12.7 Å². The second-order valence-corrected chi connectivity index (χ2v) is 3.57. The average molecular weight is 187 g/mol. The summed E-state index contributed by atoms with van der Waals surface area (Å²) >= 11 is 0. The van der Waals surface area contributed by atoms with E-state index in [0.717, 1.165) is 0 Å². The number of carboxylic acid groups (broad SMARTS) is 1. The van der Waals surface area contributed by atoms with Crippen molar-refractivity contribution >= 4 is 5.97 Å². The Hall–Kier alpha value is -0.610. The number of rotatable bonds is 2. The summed E-state index contributed by atoms with van der Waals surface area (Å²) in [7, 11) is 0. The first-order valence-electron chi connectivity index (χ1n) is 4.64. The normalized spacial score (nSPS) is 32.8. The average Bonchev–Trinajstić information content (AvgIpc) is 2.08. The summed E-state index contributed by atoms with van der Waals surface area (Å²) in [5, 5.41) is 8.86. The molecule has 0 bridgehead atoms. The first-order valence-corrected chi connectivity index (χ1v) is 4.64. The second kappa shape index (κ2) is 4.07. The Kier molecular flexibility index (Phi) is 3.27. The molecule has 0 radical (unpaired) electrons. The first-order chi connectivity index (χ1) is 6.04. The Morgan fingerprint density at radius 2 is 2.23 bits per heavy atom. The monoisotopic (exact) mass is 187 g/mol. The van der Waals surface area contributed by atoms with Gasteiger partial charge in [0.2, 0.25) is 0 Å². The van der Waals surface area contributed by atoms with Crippen LogP contribution < -0.4 is 0 Å². The van der Waals surface area contributed by atoms with Crippen molar-refractivity contribution in [1.82, 2.24) is 4.90 Å². The molecule has 0 aromatic rings.